The van der Waals surface area contributed by atoms with Crippen LogP contribution in [0, 0.1) is 10.1 Å². The third kappa shape index (κ3) is 2.05. The van der Waals surface area contributed by atoms with Crippen molar-refractivity contribution in [2.45, 2.75) is 0 Å². The third-order valence-corrected chi connectivity index (χ3v) is 1.52. The van der Waals surface area contributed by atoms with E-state index >= 15 is 0 Å². The van der Waals surface area contributed by atoms with Gasteiger partial charge in [-0.25, -0.2) is 4.68 Å². The smallest absolute Gasteiger partial charge is 0.400 e. The van der Waals surface area contributed by atoms with Gasteiger partial charge in [0.1, 0.15) is 17.6 Å². The van der Waals surface area contributed by atoms with Gasteiger partial charge in [-0.3, -0.25) is 10.1 Å². The summed E-state index contributed by atoms with van der Waals surface area (Å²) in [4.78, 5) is 9.67. The van der Waals surface area contributed by atoms with E-state index in [4.69, 9.17) is 4.42 Å². The highest BCUT2D eigenvalue weighted by Gasteiger charge is 2.09. The van der Waals surface area contributed by atoms with Gasteiger partial charge in [0.05, 0.1) is 12.3 Å². The van der Waals surface area contributed by atoms with Crippen molar-refractivity contribution in [1.82, 2.24) is 14.9 Å². The van der Waals surface area contributed by atoms with Crippen molar-refractivity contribution >= 4 is 12.1 Å². The Hall–Kier alpha value is -2.51. The number of nitrogens with zero attached hydrogens (tertiary/aromatic N) is 5. The highest BCUT2D eigenvalue weighted by Crippen LogP contribution is 2.13. The molecule has 2 aromatic rings. The summed E-state index contributed by atoms with van der Waals surface area (Å²) in [7, 11) is 0. The maximum absolute atomic E-state index is 10.3. The van der Waals surface area contributed by atoms with Gasteiger partial charge < -0.3 is 4.42 Å². The summed E-state index contributed by atoms with van der Waals surface area (Å²) in [5.41, 5.74) is 0. The topological polar surface area (TPSA) is 99.3 Å². The average molecular weight is 207 g/mol. The lowest BCUT2D eigenvalue weighted by Gasteiger charge is -1.86. The molecule has 0 bridgehead atoms. The molecule has 2 heterocycles. The molecule has 0 atom stereocenters. The molecule has 0 fully saturated rings. The monoisotopic (exact) mass is 207 g/mol. The predicted octanol–water partition coefficient (Wildman–Crippen LogP) is 0.661. The number of furan rings is 1. The lowest BCUT2D eigenvalue weighted by Crippen LogP contribution is -1.86. The Labute approximate surface area is 83.0 Å². The van der Waals surface area contributed by atoms with Crippen LogP contribution in [0.3, 0.4) is 0 Å². The van der Waals surface area contributed by atoms with E-state index in [1.165, 1.54) is 35.7 Å². The maximum Gasteiger partial charge on any atom is 0.433 e. The molecule has 0 radical (unpaired) electrons. The Morgan fingerprint density at radius 2 is 2.20 bits per heavy atom. The molecule has 2 rings (SSSR count). The molecule has 0 aliphatic heterocycles. The van der Waals surface area contributed by atoms with Gasteiger partial charge >= 0.3 is 5.88 Å². The summed E-state index contributed by atoms with van der Waals surface area (Å²) in [6.07, 6.45) is 4.10. The summed E-state index contributed by atoms with van der Waals surface area (Å²) >= 11 is 0. The number of nitro groups is 1. The summed E-state index contributed by atoms with van der Waals surface area (Å²) in [6.45, 7) is 0. The Kier molecular flexibility index (Phi) is 2.23. The zero-order valence-electron chi connectivity index (χ0n) is 7.35. The first kappa shape index (κ1) is 9.06. The van der Waals surface area contributed by atoms with E-state index < -0.39 is 4.92 Å². The van der Waals surface area contributed by atoms with E-state index in [-0.39, 0.29) is 11.6 Å². The first-order valence-corrected chi connectivity index (χ1v) is 3.89. The average Bonchev–Trinajstić information content (AvgIpc) is 2.86. The van der Waals surface area contributed by atoms with Gasteiger partial charge in [-0.2, -0.15) is 5.10 Å². The zero-order chi connectivity index (χ0) is 10.7. The van der Waals surface area contributed by atoms with E-state index in [0.717, 1.165) is 0 Å². The van der Waals surface area contributed by atoms with Crippen molar-refractivity contribution < 1.29 is 9.34 Å². The number of hydrogen-bond donors (Lipinski definition) is 0. The molecule has 0 amide bonds. The van der Waals surface area contributed by atoms with E-state index in [2.05, 4.69) is 15.3 Å². The molecule has 0 N–H and O–H groups in total. The van der Waals surface area contributed by atoms with E-state index in [9.17, 15) is 10.1 Å². The van der Waals surface area contributed by atoms with Gasteiger partial charge in [0, 0.05) is 0 Å². The van der Waals surface area contributed by atoms with Crippen molar-refractivity contribution in [2.75, 3.05) is 0 Å². The van der Waals surface area contributed by atoms with E-state index in [1.54, 1.807) is 0 Å². The Morgan fingerprint density at radius 3 is 2.80 bits per heavy atom. The summed E-state index contributed by atoms with van der Waals surface area (Å²) < 4.78 is 6.18. The molecule has 8 nitrogen and oxygen atoms in total. The van der Waals surface area contributed by atoms with Crippen molar-refractivity contribution in [1.29, 1.82) is 0 Å². The van der Waals surface area contributed by atoms with Crippen LogP contribution in [-0.2, 0) is 0 Å². The van der Waals surface area contributed by atoms with Crippen LogP contribution in [0.2, 0.25) is 0 Å². The normalized spacial score (nSPS) is 10.9. The summed E-state index contributed by atoms with van der Waals surface area (Å²) in [6, 6.07) is 2.71. The second-order valence-corrected chi connectivity index (χ2v) is 2.52. The molecule has 0 aliphatic rings. The van der Waals surface area contributed by atoms with Crippen LogP contribution >= 0.6 is 0 Å². The fraction of sp³-hybridized carbons (Fsp3) is 0. The van der Waals surface area contributed by atoms with Crippen molar-refractivity contribution in [3.63, 3.8) is 0 Å². The van der Waals surface area contributed by atoms with Crippen LogP contribution in [0.5, 0.6) is 0 Å². The Balaban J connectivity index is 2.14. The molecule has 0 spiro atoms. The fourth-order valence-corrected chi connectivity index (χ4v) is 0.888. The summed E-state index contributed by atoms with van der Waals surface area (Å²) in [5, 5.41) is 21.2. The van der Waals surface area contributed by atoms with Crippen LogP contribution in [0.25, 0.3) is 0 Å². The molecule has 0 unspecified atom stereocenters. The molecule has 76 valence electrons. The van der Waals surface area contributed by atoms with Gasteiger partial charge in [0.15, 0.2) is 5.76 Å². The lowest BCUT2D eigenvalue weighted by molar-refractivity contribution is -0.402. The zero-order valence-corrected chi connectivity index (χ0v) is 7.35. The maximum atomic E-state index is 10.3. The first-order chi connectivity index (χ1) is 7.25. The first-order valence-electron chi connectivity index (χ1n) is 3.89. The molecule has 0 aliphatic carbocycles. The predicted molar refractivity (Wildman–Crippen MR) is 48.4 cm³/mol. The van der Waals surface area contributed by atoms with Gasteiger partial charge in [-0.05, 0) is 6.07 Å². The largest absolute Gasteiger partial charge is 0.433 e. The van der Waals surface area contributed by atoms with Gasteiger partial charge in [0.25, 0.3) is 0 Å². The van der Waals surface area contributed by atoms with E-state index in [1.807, 2.05) is 0 Å². The van der Waals surface area contributed by atoms with Gasteiger partial charge in [-0.15, -0.1) is 10.2 Å². The van der Waals surface area contributed by atoms with Crippen molar-refractivity contribution in [3.8, 4) is 0 Å². The second-order valence-electron chi connectivity index (χ2n) is 2.52. The molecule has 2 aromatic heterocycles. The van der Waals surface area contributed by atoms with Crippen molar-refractivity contribution in [2.24, 2.45) is 5.10 Å². The quantitative estimate of drug-likeness (QED) is 0.418. The van der Waals surface area contributed by atoms with Crippen LogP contribution in [-0.4, -0.2) is 26.0 Å². The molecule has 0 saturated heterocycles. The lowest BCUT2D eigenvalue weighted by atomic mass is 10.5. The van der Waals surface area contributed by atoms with Gasteiger partial charge in [-0.1, -0.05) is 0 Å². The van der Waals surface area contributed by atoms with Crippen LogP contribution in [0.1, 0.15) is 5.76 Å². The minimum atomic E-state index is -0.615. The highest BCUT2D eigenvalue weighted by molar-refractivity contribution is 5.76. The Morgan fingerprint density at radius 1 is 1.47 bits per heavy atom. The molecule has 0 aromatic carbocycles. The number of rotatable bonds is 3. The van der Waals surface area contributed by atoms with E-state index in [0.29, 0.717) is 0 Å². The van der Waals surface area contributed by atoms with Crippen molar-refractivity contribution in [3.05, 3.63) is 40.7 Å². The second kappa shape index (κ2) is 3.70. The van der Waals surface area contributed by atoms with Crippen LogP contribution < -0.4 is 0 Å². The Bertz CT molecular complexity index is 486. The molecule has 15 heavy (non-hydrogen) atoms. The van der Waals surface area contributed by atoms with Crippen LogP contribution in [0.4, 0.5) is 5.88 Å². The van der Waals surface area contributed by atoms with Gasteiger partial charge in [0.2, 0.25) is 0 Å². The minimum Gasteiger partial charge on any atom is -0.400 e. The summed E-state index contributed by atoms with van der Waals surface area (Å²) in [5.74, 6) is -0.0318. The molecular formula is C7H5N5O3. The molecular weight excluding hydrogens is 202 g/mol. The minimum absolute atomic E-state index is 0.287. The highest BCUT2D eigenvalue weighted by atomic mass is 16.6. The molecule has 0 saturated carbocycles. The number of aromatic nitrogens is 3. The SMILES string of the molecule is O=[N+]([O-])c1ccc(/C=N\n2cnnc2)o1. The standard InChI is InChI=1S/C7H5N5O3/c13-12(14)7-2-1-6(15-7)3-10-11-4-8-9-5-11/h1-5H/b10-3-. The number of hydrogen-bond acceptors (Lipinski definition) is 6. The third-order valence-electron chi connectivity index (χ3n) is 1.52. The molecule has 8 heteroatoms. The fourth-order valence-electron chi connectivity index (χ4n) is 0.888. The van der Waals surface area contributed by atoms with Crippen LogP contribution in [0.15, 0.2) is 34.3 Å².